The summed E-state index contributed by atoms with van der Waals surface area (Å²) in [4.78, 5) is 48.3. The zero-order valence-electron chi connectivity index (χ0n) is 17.2. The summed E-state index contributed by atoms with van der Waals surface area (Å²) in [7, 11) is 1.12. The molecule has 0 spiro atoms. The second kappa shape index (κ2) is 10.5. The standard InChI is InChI=1S/C20H27FN2O6/c1-12(24)22-15(10-13-7-6-8-14(21)9-13)18(26)23-16(19(27)28-5)11-17(25)29-20(2,3)4/h6-9,15-16H,10-11H2,1-5H3,(H,22,24)(H,23,26)/t15-,16-/m0/s1. The van der Waals surface area contributed by atoms with Crippen molar-refractivity contribution in [1.82, 2.24) is 10.6 Å². The molecule has 0 unspecified atom stereocenters. The van der Waals surface area contributed by atoms with Crippen molar-refractivity contribution >= 4 is 23.8 Å². The molecule has 0 radical (unpaired) electrons. The minimum Gasteiger partial charge on any atom is -0.467 e. The Morgan fingerprint density at radius 2 is 1.76 bits per heavy atom. The van der Waals surface area contributed by atoms with Crippen LogP contribution in [-0.4, -0.2) is 48.5 Å². The fourth-order valence-corrected chi connectivity index (χ4v) is 2.51. The van der Waals surface area contributed by atoms with E-state index in [-0.39, 0.29) is 6.42 Å². The minimum atomic E-state index is -1.30. The Morgan fingerprint density at radius 3 is 2.28 bits per heavy atom. The highest BCUT2D eigenvalue weighted by atomic mass is 19.1. The van der Waals surface area contributed by atoms with Gasteiger partial charge in [-0.05, 0) is 38.5 Å². The summed E-state index contributed by atoms with van der Waals surface area (Å²) in [5.74, 6) is -3.22. The molecule has 2 atom stereocenters. The fourth-order valence-electron chi connectivity index (χ4n) is 2.51. The maximum absolute atomic E-state index is 13.4. The molecule has 2 amide bonds. The molecule has 0 aliphatic carbocycles. The van der Waals surface area contributed by atoms with Crippen LogP contribution in [0.15, 0.2) is 24.3 Å². The van der Waals surface area contributed by atoms with Crippen molar-refractivity contribution in [1.29, 1.82) is 0 Å². The molecule has 0 aromatic heterocycles. The molecule has 0 fully saturated rings. The molecule has 8 nitrogen and oxygen atoms in total. The second-order valence-corrected chi connectivity index (χ2v) is 7.46. The van der Waals surface area contributed by atoms with Crippen LogP contribution < -0.4 is 10.6 Å². The van der Waals surface area contributed by atoms with E-state index in [4.69, 9.17) is 4.74 Å². The smallest absolute Gasteiger partial charge is 0.328 e. The van der Waals surface area contributed by atoms with Crippen LogP contribution in [0.1, 0.15) is 39.7 Å². The van der Waals surface area contributed by atoms with Crippen molar-refractivity contribution in [2.24, 2.45) is 0 Å². The molecule has 1 aromatic carbocycles. The molecule has 0 saturated carbocycles. The van der Waals surface area contributed by atoms with Crippen LogP contribution in [0, 0.1) is 5.82 Å². The van der Waals surface area contributed by atoms with Gasteiger partial charge in [0.2, 0.25) is 11.8 Å². The van der Waals surface area contributed by atoms with Crippen molar-refractivity contribution in [2.45, 2.75) is 58.2 Å². The molecule has 2 N–H and O–H groups in total. The fraction of sp³-hybridized carbons (Fsp3) is 0.500. The van der Waals surface area contributed by atoms with E-state index in [1.807, 2.05) is 0 Å². The topological polar surface area (TPSA) is 111 Å². The van der Waals surface area contributed by atoms with Gasteiger partial charge in [0.05, 0.1) is 13.5 Å². The highest BCUT2D eigenvalue weighted by molar-refractivity contribution is 5.92. The second-order valence-electron chi connectivity index (χ2n) is 7.46. The lowest BCUT2D eigenvalue weighted by Gasteiger charge is -2.24. The maximum atomic E-state index is 13.4. The van der Waals surface area contributed by atoms with Gasteiger partial charge in [0.15, 0.2) is 0 Å². The molecule has 0 heterocycles. The molecule has 0 aliphatic heterocycles. The Kier molecular flexibility index (Phi) is 8.75. The third kappa shape index (κ3) is 9.18. The number of hydrogen-bond acceptors (Lipinski definition) is 6. The van der Waals surface area contributed by atoms with E-state index >= 15 is 0 Å². The molecular formula is C20H27FN2O6. The van der Waals surface area contributed by atoms with Gasteiger partial charge >= 0.3 is 11.9 Å². The Balaban J connectivity index is 2.94. The largest absolute Gasteiger partial charge is 0.467 e. The first-order valence-electron chi connectivity index (χ1n) is 9.03. The highest BCUT2D eigenvalue weighted by Crippen LogP contribution is 2.11. The average Bonchev–Trinajstić information content (AvgIpc) is 2.57. The molecular weight excluding hydrogens is 383 g/mol. The first-order chi connectivity index (χ1) is 13.4. The van der Waals surface area contributed by atoms with Crippen LogP contribution in [0.2, 0.25) is 0 Å². The third-order valence-corrected chi connectivity index (χ3v) is 3.62. The molecule has 29 heavy (non-hydrogen) atoms. The summed E-state index contributed by atoms with van der Waals surface area (Å²) in [5, 5.41) is 4.86. The molecule has 1 rings (SSSR count). The molecule has 0 saturated heterocycles. The van der Waals surface area contributed by atoms with Crippen LogP contribution in [0.25, 0.3) is 0 Å². The number of hydrogen-bond donors (Lipinski definition) is 2. The third-order valence-electron chi connectivity index (χ3n) is 3.62. The Hall–Kier alpha value is -2.97. The van der Waals surface area contributed by atoms with Crippen LogP contribution in [-0.2, 0) is 35.1 Å². The molecule has 9 heteroatoms. The molecule has 1 aromatic rings. The molecule has 160 valence electrons. The highest BCUT2D eigenvalue weighted by Gasteiger charge is 2.30. The van der Waals surface area contributed by atoms with Crippen molar-refractivity contribution < 1.29 is 33.0 Å². The van der Waals surface area contributed by atoms with Gasteiger partial charge in [0, 0.05) is 13.3 Å². The van der Waals surface area contributed by atoms with E-state index in [2.05, 4.69) is 15.4 Å². The zero-order chi connectivity index (χ0) is 22.2. The van der Waals surface area contributed by atoms with E-state index in [0.29, 0.717) is 5.56 Å². The monoisotopic (exact) mass is 410 g/mol. The summed E-state index contributed by atoms with van der Waals surface area (Å²) in [6.45, 7) is 6.23. The van der Waals surface area contributed by atoms with Crippen LogP contribution in [0.4, 0.5) is 4.39 Å². The van der Waals surface area contributed by atoms with Crippen molar-refractivity contribution in [3.8, 4) is 0 Å². The summed E-state index contributed by atoms with van der Waals surface area (Å²) in [5.41, 5.74) is -0.293. The number of halogens is 1. The number of carbonyl (C=O) groups is 4. The summed E-state index contributed by atoms with van der Waals surface area (Å²) in [6.07, 6.45) is -0.452. The molecule has 0 aliphatic rings. The van der Waals surface area contributed by atoms with E-state index in [1.165, 1.54) is 25.1 Å². The van der Waals surface area contributed by atoms with Gasteiger partial charge in [-0.3, -0.25) is 14.4 Å². The lowest BCUT2D eigenvalue weighted by Crippen LogP contribution is -2.53. The normalized spacial score (nSPS) is 13.0. The van der Waals surface area contributed by atoms with Gasteiger partial charge in [-0.1, -0.05) is 12.1 Å². The predicted octanol–water partition coefficient (Wildman–Crippen LogP) is 1.26. The SMILES string of the molecule is COC(=O)[C@H](CC(=O)OC(C)(C)C)NC(=O)[C@H](Cc1cccc(F)c1)NC(C)=O. The lowest BCUT2D eigenvalue weighted by molar-refractivity contribution is -0.159. The maximum Gasteiger partial charge on any atom is 0.328 e. The quantitative estimate of drug-likeness (QED) is 0.625. The van der Waals surface area contributed by atoms with E-state index in [0.717, 1.165) is 7.11 Å². The number of esters is 2. The van der Waals surface area contributed by atoms with E-state index < -0.39 is 53.7 Å². The van der Waals surface area contributed by atoms with Gasteiger partial charge in [-0.2, -0.15) is 0 Å². The van der Waals surface area contributed by atoms with Gasteiger partial charge in [0.25, 0.3) is 0 Å². The van der Waals surface area contributed by atoms with E-state index in [1.54, 1.807) is 26.8 Å². The Bertz CT molecular complexity index is 760. The lowest BCUT2D eigenvalue weighted by atomic mass is 10.0. The first kappa shape index (κ1) is 24.1. The Labute approximate surface area is 169 Å². The summed E-state index contributed by atoms with van der Waals surface area (Å²) < 4.78 is 23.2. The van der Waals surface area contributed by atoms with E-state index in [9.17, 15) is 23.6 Å². The number of ether oxygens (including phenoxy) is 2. The molecule has 0 bridgehead atoms. The van der Waals surface area contributed by atoms with Crippen molar-refractivity contribution in [3.63, 3.8) is 0 Å². The summed E-state index contributed by atoms with van der Waals surface area (Å²) in [6, 6.07) is 3.19. The van der Waals surface area contributed by atoms with Crippen LogP contribution >= 0.6 is 0 Å². The van der Waals surface area contributed by atoms with Gasteiger partial charge < -0.3 is 20.1 Å². The zero-order valence-corrected chi connectivity index (χ0v) is 17.2. The number of nitrogens with one attached hydrogen (secondary N) is 2. The van der Waals surface area contributed by atoms with Crippen molar-refractivity contribution in [2.75, 3.05) is 7.11 Å². The first-order valence-corrected chi connectivity index (χ1v) is 9.03. The van der Waals surface area contributed by atoms with Crippen LogP contribution in [0.3, 0.4) is 0 Å². The van der Waals surface area contributed by atoms with Gasteiger partial charge in [-0.25, -0.2) is 9.18 Å². The average molecular weight is 410 g/mol. The van der Waals surface area contributed by atoms with Crippen molar-refractivity contribution in [3.05, 3.63) is 35.6 Å². The minimum absolute atomic E-state index is 0.0104. The number of methoxy groups -OCH3 is 1. The van der Waals surface area contributed by atoms with Crippen LogP contribution in [0.5, 0.6) is 0 Å². The summed E-state index contributed by atoms with van der Waals surface area (Å²) >= 11 is 0. The number of amides is 2. The number of rotatable bonds is 8. The predicted molar refractivity (Wildman–Crippen MR) is 102 cm³/mol. The number of benzene rings is 1. The van der Waals surface area contributed by atoms with Gasteiger partial charge in [-0.15, -0.1) is 0 Å². The number of carbonyl (C=O) groups excluding carboxylic acids is 4. The van der Waals surface area contributed by atoms with Gasteiger partial charge in [0.1, 0.15) is 23.5 Å². The Morgan fingerprint density at radius 1 is 1.10 bits per heavy atom.